The number of pyridine rings is 1. The Morgan fingerprint density at radius 3 is 2.27 bits per heavy atom. The van der Waals surface area contributed by atoms with Crippen LogP contribution in [-0.2, 0) is 19.3 Å². The van der Waals surface area contributed by atoms with Crippen LogP contribution in [0, 0.1) is 5.92 Å². The molecule has 4 aromatic rings. The molecule has 2 heterocycles. The zero-order valence-electron chi connectivity index (χ0n) is 24.8. The van der Waals surface area contributed by atoms with Crippen molar-refractivity contribution in [2.24, 2.45) is 5.92 Å². The molecule has 2 aromatic heterocycles. The van der Waals surface area contributed by atoms with E-state index < -0.39 is 5.60 Å². The molecule has 0 aliphatic carbocycles. The van der Waals surface area contributed by atoms with Gasteiger partial charge in [0.2, 0.25) is 0 Å². The van der Waals surface area contributed by atoms with E-state index in [1.807, 2.05) is 35.7 Å². The van der Waals surface area contributed by atoms with Crippen molar-refractivity contribution in [2.45, 2.75) is 79.2 Å². The molecule has 216 valence electrons. The molecule has 0 bridgehead atoms. The number of benzene rings is 2. The van der Waals surface area contributed by atoms with Crippen molar-refractivity contribution in [3.63, 3.8) is 0 Å². The Morgan fingerprint density at radius 1 is 1.07 bits per heavy atom. The van der Waals surface area contributed by atoms with Gasteiger partial charge in [0.25, 0.3) is 5.56 Å². The molecule has 4 rings (SSSR count). The van der Waals surface area contributed by atoms with E-state index in [0.717, 1.165) is 46.6 Å². The number of hydrogen-bond acceptors (Lipinski definition) is 5. The number of aliphatic hydroxyl groups is 1. The molecule has 0 saturated carbocycles. The fraction of sp³-hybridized carbons (Fsp3) is 0.382. The Bertz CT molecular complexity index is 1570. The van der Waals surface area contributed by atoms with E-state index in [2.05, 4.69) is 39.8 Å². The van der Waals surface area contributed by atoms with Crippen LogP contribution < -0.4 is 5.56 Å². The number of thiazole rings is 1. The summed E-state index contributed by atoms with van der Waals surface area (Å²) in [6.07, 6.45) is 2.57. The van der Waals surface area contributed by atoms with Gasteiger partial charge in [-0.05, 0) is 74.8 Å². The van der Waals surface area contributed by atoms with E-state index in [9.17, 15) is 14.7 Å². The minimum Gasteiger partial charge on any atom is -0.390 e. The van der Waals surface area contributed by atoms with Gasteiger partial charge in [-0.3, -0.25) is 14.2 Å². The third-order valence-electron chi connectivity index (χ3n) is 7.23. The third kappa shape index (κ3) is 7.06. The standard InChI is InChI=1S/C34H39ClN2O3S/c1-7-22-10-9-11-23(8-2)31(22)37-29(18-21(3)4)26(30(38)16-17-34(5,6)40)19-27(33(37)39)32-36-28(20-41-32)24-12-14-25(35)15-13-24/h9-15,19-21,40H,7-8,16-18H2,1-6H3. The highest BCUT2D eigenvalue weighted by atomic mass is 35.5. The van der Waals surface area contributed by atoms with Crippen LogP contribution >= 0.6 is 22.9 Å². The predicted octanol–water partition coefficient (Wildman–Crippen LogP) is 8.34. The lowest BCUT2D eigenvalue weighted by Crippen LogP contribution is -2.29. The molecule has 0 amide bonds. The number of para-hydroxylation sites is 1. The van der Waals surface area contributed by atoms with Crippen molar-refractivity contribution in [3.05, 3.63) is 91.7 Å². The van der Waals surface area contributed by atoms with Gasteiger partial charge in [-0.25, -0.2) is 4.98 Å². The molecule has 41 heavy (non-hydrogen) atoms. The first-order valence-corrected chi connectivity index (χ1v) is 15.6. The highest BCUT2D eigenvalue weighted by molar-refractivity contribution is 7.13. The van der Waals surface area contributed by atoms with Gasteiger partial charge in [0.05, 0.1) is 22.5 Å². The summed E-state index contributed by atoms with van der Waals surface area (Å²) in [7, 11) is 0. The molecule has 0 unspecified atom stereocenters. The fourth-order valence-corrected chi connectivity index (χ4v) is 6.04. The molecule has 0 spiro atoms. The Balaban J connectivity index is 2.03. The number of hydrogen-bond donors (Lipinski definition) is 1. The van der Waals surface area contributed by atoms with Crippen molar-refractivity contribution in [3.8, 4) is 27.5 Å². The molecular weight excluding hydrogens is 552 g/mol. The number of carbonyl (C=O) groups is 1. The smallest absolute Gasteiger partial charge is 0.265 e. The highest BCUT2D eigenvalue weighted by Gasteiger charge is 2.26. The highest BCUT2D eigenvalue weighted by Crippen LogP contribution is 2.32. The molecule has 0 aliphatic heterocycles. The minimum atomic E-state index is -0.974. The van der Waals surface area contributed by atoms with E-state index in [1.165, 1.54) is 11.3 Å². The monoisotopic (exact) mass is 590 g/mol. The lowest BCUT2D eigenvalue weighted by atomic mass is 9.92. The summed E-state index contributed by atoms with van der Waals surface area (Å²) < 4.78 is 1.80. The van der Waals surface area contributed by atoms with Crippen molar-refractivity contribution < 1.29 is 9.90 Å². The summed E-state index contributed by atoms with van der Waals surface area (Å²) in [5.41, 5.74) is 5.14. The second-order valence-electron chi connectivity index (χ2n) is 11.6. The largest absolute Gasteiger partial charge is 0.390 e. The van der Waals surface area contributed by atoms with Crippen molar-refractivity contribution >= 4 is 28.7 Å². The number of Topliss-reactive ketones (excluding diaryl/α,β-unsaturated/α-hetero) is 1. The molecule has 7 heteroatoms. The van der Waals surface area contributed by atoms with Crippen LogP contribution in [0.3, 0.4) is 0 Å². The number of nitrogens with zero attached hydrogens (tertiary/aromatic N) is 2. The van der Waals surface area contributed by atoms with Gasteiger partial charge < -0.3 is 5.11 Å². The van der Waals surface area contributed by atoms with Gasteiger partial charge in [0, 0.05) is 33.6 Å². The SMILES string of the molecule is CCc1cccc(CC)c1-n1c(CC(C)C)c(C(=O)CCC(C)(C)O)cc(-c2nc(-c3ccc(Cl)cc3)cs2)c1=O. The van der Waals surface area contributed by atoms with Crippen LogP contribution in [0.15, 0.2) is 58.7 Å². The zero-order valence-corrected chi connectivity index (χ0v) is 26.3. The average Bonchev–Trinajstić information content (AvgIpc) is 3.41. The van der Waals surface area contributed by atoms with Crippen LogP contribution in [0.2, 0.25) is 5.02 Å². The quantitative estimate of drug-likeness (QED) is 0.178. The van der Waals surface area contributed by atoms with E-state index in [1.54, 1.807) is 24.5 Å². The predicted molar refractivity (Wildman–Crippen MR) is 171 cm³/mol. The van der Waals surface area contributed by atoms with E-state index in [4.69, 9.17) is 16.6 Å². The Labute approximate surface area is 251 Å². The van der Waals surface area contributed by atoms with Crippen LogP contribution in [0.4, 0.5) is 0 Å². The van der Waals surface area contributed by atoms with Gasteiger partial charge in [0.1, 0.15) is 5.01 Å². The van der Waals surface area contributed by atoms with Crippen LogP contribution in [0.25, 0.3) is 27.5 Å². The number of ketones is 1. The second-order valence-corrected chi connectivity index (χ2v) is 12.9. The fourth-order valence-electron chi connectivity index (χ4n) is 5.08. The first-order chi connectivity index (χ1) is 19.4. The summed E-state index contributed by atoms with van der Waals surface area (Å²) >= 11 is 7.48. The summed E-state index contributed by atoms with van der Waals surface area (Å²) in [5, 5.41) is 13.5. The Morgan fingerprint density at radius 2 is 1.71 bits per heavy atom. The molecule has 2 aromatic carbocycles. The van der Waals surface area contributed by atoms with Crippen LogP contribution in [-0.4, -0.2) is 26.0 Å². The molecule has 0 saturated heterocycles. The molecular formula is C34H39ClN2O3S. The summed E-state index contributed by atoms with van der Waals surface area (Å²) in [6.45, 7) is 11.8. The second kappa shape index (κ2) is 12.8. The van der Waals surface area contributed by atoms with E-state index >= 15 is 0 Å². The maximum absolute atomic E-state index is 14.6. The molecule has 1 N–H and O–H groups in total. The number of aryl methyl sites for hydroxylation is 2. The Hall–Kier alpha value is -3.06. The zero-order chi connectivity index (χ0) is 29.9. The van der Waals surface area contributed by atoms with Crippen molar-refractivity contribution in [2.75, 3.05) is 0 Å². The molecule has 0 radical (unpaired) electrons. The van der Waals surface area contributed by atoms with Gasteiger partial charge in [-0.1, -0.05) is 69.6 Å². The topological polar surface area (TPSA) is 72.2 Å². The third-order valence-corrected chi connectivity index (χ3v) is 8.36. The average molecular weight is 591 g/mol. The van der Waals surface area contributed by atoms with E-state index in [-0.39, 0.29) is 23.7 Å². The van der Waals surface area contributed by atoms with Gasteiger partial charge >= 0.3 is 0 Å². The summed E-state index contributed by atoms with van der Waals surface area (Å²) in [5.74, 6) is 0.127. The molecule has 0 aliphatic rings. The van der Waals surface area contributed by atoms with Crippen LogP contribution in [0.1, 0.15) is 81.6 Å². The number of halogens is 1. The van der Waals surface area contributed by atoms with Gasteiger partial charge in [-0.2, -0.15) is 0 Å². The maximum Gasteiger partial charge on any atom is 0.265 e. The van der Waals surface area contributed by atoms with Crippen molar-refractivity contribution in [1.82, 2.24) is 9.55 Å². The number of aromatic nitrogens is 2. The first-order valence-electron chi connectivity index (χ1n) is 14.3. The maximum atomic E-state index is 14.6. The Kier molecular flexibility index (Phi) is 9.68. The summed E-state index contributed by atoms with van der Waals surface area (Å²) in [4.78, 5) is 33.3. The van der Waals surface area contributed by atoms with Gasteiger partial charge in [0.15, 0.2) is 5.78 Å². The molecule has 0 fully saturated rings. The normalized spacial score (nSPS) is 11.8. The lowest BCUT2D eigenvalue weighted by molar-refractivity contribution is 0.0632. The minimum absolute atomic E-state index is 0.0840. The van der Waals surface area contributed by atoms with Crippen molar-refractivity contribution in [1.29, 1.82) is 0 Å². The van der Waals surface area contributed by atoms with Crippen LogP contribution in [0.5, 0.6) is 0 Å². The molecule has 0 atom stereocenters. The van der Waals surface area contributed by atoms with Gasteiger partial charge in [-0.15, -0.1) is 11.3 Å². The lowest BCUT2D eigenvalue weighted by Gasteiger charge is -2.24. The summed E-state index contributed by atoms with van der Waals surface area (Å²) in [6, 6.07) is 15.3. The van der Waals surface area contributed by atoms with E-state index in [0.29, 0.717) is 34.0 Å². The number of carbonyl (C=O) groups excluding carboxylic acids is 1. The molecule has 5 nitrogen and oxygen atoms in total. The first kappa shape index (κ1) is 30.9. The number of rotatable bonds is 11.